The van der Waals surface area contributed by atoms with Crippen LogP contribution in [0.2, 0.25) is 0 Å². The van der Waals surface area contributed by atoms with E-state index in [9.17, 15) is 9.18 Å². The fourth-order valence-corrected chi connectivity index (χ4v) is 2.85. The first-order valence-electron chi connectivity index (χ1n) is 8.31. The van der Waals surface area contributed by atoms with Crippen LogP contribution < -0.4 is 9.64 Å². The molecule has 1 aromatic heterocycles. The van der Waals surface area contributed by atoms with Gasteiger partial charge in [-0.2, -0.15) is 4.98 Å². The van der Waals surface area contributed by atoms with Crippen LogP contribution in [0.15, 0.2) is 53.1 Å². The molecule has 3 aromatic rings. The SMILES string of the molecule is O=C(CCc1nc(-c2ccc(F)cc2)no1)N1CCOc2ccccc21. The predicted octanol–water partition coefficient (Wildman–Crippen LogP) is 3.23. The minimum absolute atomic E-state index is 0.0257. The number of anilines is 1. The standard InChI is InChI=1S/C19H16FN3O3/c20-14-7-5-13(6-8-14)19-21-17(26-22-19)9-10-18(24)23-11-12-25-16-4-2-1-3-15(16)23/h1-8H,9-12H2. The van der Waals surface area contributed by atoms with Crippen LogP contribution in [0.4, 0.5) is 10.1 Å². The molecule has 7 heteroatoms. The first kappa shape index (κ1) is 16.3. The molecule has 0 bridgehead atoms. The zero-order valence-corrected chi connectivity index (χ0v) is 13.9. The summed E-state index contributed by atoms with van der Waals surface area (Å²) in [7, 11) is 0. The lowest BCUT2D eigenvalue weighted by molar-refractivity contribution is -0.118. The monoisotopic (exact) mass is 353 g/mol. The molecule has 1 amide bonds. The molecule has 0 unspecified atom stereocenters. The van der Waals surface area contributed by atoms with Gasteiger partial charge < -0.3 is 14.2 Å². The Morgan fingerprint density at radius 2 is 1.96 bits per heavy atom. The fourth-order valence-electron chi connectivity index (χ4n) is 2.85. The van der Waals surface area contributed by atoms with Crippen LogP contribution in [-0.2, 0) is 11.2 Å². The number of fused-ring (bicyclic) bond motifs is 1. The molecule has 0 aliphatic carbocycles. The minimum atomic E-state index is -0.325. The average Bonchev–Trinajstić information content (AvgIpc) is 3.15. The number of aryl methyl sites for hydroxylation is 1. The number of nitrogens with zero attached hydrogens (tertiary/aromatic N) is 3. The molecular weight excluding hydrogens is 337 g/mol. The van der Waals surface area contributed by atoms with Crippen molar-refractivity contribution in [3.05, 3.63) is 60.2 Å². The molecule has 1 aliphatic heterocycles. The lowest BCUT2D eigenvalue weighted by Gasteiger charge is -2.29. The summed E-state index contributed by atoms with van der Waals surface area (Å²) < 4.78 is 23.8. The van der Waals surface area contributed by atoms with Crippen molar-refractivity contribution in [2.75, 3.05) is 18.1 Å². The summed E-state index contributed by atoms with van der Waals surface area (Å²) in [5, 5.41) is 3.89. The third-order valence-electron chi connectivity index (χ3n) is 4.15. The van der Waals surface area contributed by atoms with E-state index in [1.165, 1.54) is 12.1 Å². The summed E-state index contributed by atoms with van der Waals surface area (Å²) in [6.45, 7) is 0.985. The number of para-hydroxylation sites is 2. The van der Waals surface area contributed by atoms with Gasteiger partial charge in [0, 0.05) is 18.4 Å². The van der Waals surface area contributed by atoms with Crippen LogP contribution in [0.25, 0.3) is 11.4 Å². The van der Waals surface area contributed by atoms with Gasteiger partial charge in [-0.25, -0.2) is 4.39 Å². The highest BCUT2D eigenvalue weighted by molar-refractivity contribution is 5.95. The summed E-state index contributed by atoms with van der Waals surface area (Å²) in [6.07, 6.45) is 0.589. The van der Waals surface area contributed by atoms with Crippen LogP contribution in [0.1, 0.15) is 12.3 Å². The van der Waals surface area contributed by atoms with E-state index in [1.807, 2.05) is 24.3 Å². The molecule has 1 aliphatic rings. The minimum Gasteiger partial charge on any atom is -0.490 e. The molecule has 0 spiro atoms. The normalized spacial score (nSPS) is 13.2. The Morgan fingerprint density at radius 3 is 2.81 bits per heavy atom. The van der Waals surface area contributed by atoms with Gasteiger partial charge in [0.15, 0.2) is 0 Å². The van der Waals surface area contributed by atoms with Crippen molar-refractivity contribution < 1.29 is 18.4 Å². The molecule has 132 valence electrons. The van der Waals surface area contributed by atoms with Crippen molar-refractivity contribution in [3.63, 3.8) is 0 Å². The number of aromatic nitrogens is 2. The lowest BCUT2D eigenvalue weighted by atomic mass is 10.2. The Kier molecular flexibility index (Phi) is 4.35. The Bertz CT molecular complexity index is 924. The van der Waals surface area contributed by atoms with Crippen molar-refractivity contribution in [2.45, 2.75) is 12.8 Å². The highest BCUT2D eigenvalue weighted by Gasteiger charge is 2.23. The van der Waals surface area contributed by atoms with Crippen LogP contribution in [0.5, 0.6) is 5.75 Å². The summed E-state index contributed by atoms with van der Waals surface area (Å²) >= 11 is 0. The summed E-state index contributed by atoms with van der Waals surface area (Å²) in [4.78, 5) is 18.6. The molecule has 0 N–H and O–H groups in total. The quantitative estimate of drug-likeness (QED) is 0.720. The summed E-state index contributed by atoms with van der Waals surface area (Å²) in [5.41, 5.74) is 1.44. The fraction of sp³-hybridized carbons (Fsp3) is 0.211. The second kappa shape index (κ2) is 6.95. The van der Waals surface area contributed by atoms with Gasteiger partial charge in [0.1, 0.15) is 18.2 Å². The molecule has 0 atom stereocenters. The number of carbonyl (C=O) groups excluding carboxylic acids is 1. The smallest absolute Gasteiger partial charge is 0.227 e. The topological polar surface area (TPSA) is 68.5 Å². The molecule has 6 nitrogen and oxygen atoms in total. The Morgan fingerprint density at radius 1 is 1.15 bits per heavy atom. The molecule has 26 heavy (non-hydrogen) atoms. The van der Waals surface area contributed by atoms with E-state index in [0.717, 1.165) is 5.69 Å². The number of rotatable bonds is 4. The number of hydrogen-bond acceptors (Lipinski definition) is 5. The molecule has 0 saturated carbocycles. The lowest BCUT2D eigenvalue weighted by Crippen LogP contribution is -2.38. The average molecular weight is 353 g/mol. The highest BCUT2D eigenvalue weighted by atomic mass is 19.1. The second-order valence-electron chi connectivity index (χ2n) is 5.88. The largest absolute Gasteiger partial charge is 0.490 e. The molecular formula is C19H16FN3O3. The molecule has 2 aromatic carbocycles. The molecule has 0 saturated heterocycles. The van der Waals surface area contributed by atoms with Crippen molar-refractivity contribution in [1.82, 2.24) is 10.1 Å². The highest BCUT2D eigenvalue weighted by Crippen LogP contribution is 2.31. The first-order chi connectivity index (χ1) is 12.7. The van der Waals surface area contributed by atoms with E-state index >= 15 is 0 Å². The van der Waals surface area contributed by atoms with Crippen LogP contribution in [0.3, 0.4) is 0 Å². The van der Waals surface area contributed by atoms with E-state index < -0.39 is 0 Å². The van der Waals surface area contributed by atoms with E-state index in [4.69, 9.17) is 9.26 Å². The first-order valence-corrected chi connectivity index (χ1v) is 8.31. The third kappa shape index (κ3) is 3.28. The van der Waals surface area contributed by atoms with E-state index in [2.05, 4.69) is 10.1 Å². The van der Waals surface area contributed by atoms with Gasteiger partial charge in [-0.15, -0.1) is 0 Å². The van der Waals surface area contributed by atoms with E-state index in [0.29, 0.717) is 42.6 Å². The summed E-state index contributed by atoms with van der Waals surface area (Å²) in [5.74, 6) is 1.11. The van der Waals surface area contributed by atoms with Gasteiger partial charge in [-0.3, -0.25) is 4.79 Å². The van der Waals surface area contributed by atoms with Crippen molar-refractivity contribution in [2.24, 2.45) is 0 Å². The summed E-state index contributed by atoms with van der Waals surface area (Å²) in [6, 6.07) is 13.3. The predicted molar refractivity (Wildman–Crippen MR) is 92.3 cm³/mol. The number of hydrogen-bond donors (Lipinski definition) is 0. The van der Waals surface area contributed by atoms with E-state index in [1.54, 1.807) is 17.0 Å². The zero-order chi connectivity index (χ0) is 17.9. The third-order valence-corrected chi connectivity index (χ3v) is 4.15. The van der Waals surface area contributed by atoms with Crippen molar-refractivity contribution in [3.8, 4) is 17.1 Å². The molecule has 0 fully saturated rings. The molecule has 4 rings (SSSR count). The number of amides is 1. The van der Waals surface area contributed by atoms with Crippen molar-refractivity contribution in [1.29, 1.82) is 0 Å². The van der Waals surface area contributed by atoms with Gasteiger partial charge in [0.05, 0.1) is 12.2 Å². The number of benzene rings is 2. The van der Waals surface area contributed by atoms with Gasteiger partial charge in [-0.05, 0) is 36.4 Å². The number of carbonyl (C=O) groups is 1. The van der Waals surface area contributed by atoms with E-state index in [-0.39, 0.29) is 18.1 Å². The van der Waals surface area contributed by atoms with Gasteiger partial charge in [-0.1, -0.05) is 17.3 Å². The van der Waals surface area contributed by atoms with Gasteiger partial charge in [0.25, 0.3) is 0 Å². The Balaban J connectivity index is 1.42. The van der Waals surface area contributed by atoms with Gasteiger partial charge >= 0.3 is 0 Å². The maximum absolute atomic E-state index is 13.0. The Labute approximate surface area is 149 Å². The Hall–Kier alpha value is -3.22. The molecule has 0 radical (unpaired) electrons. The maximum Gasteiger partial charge on any atom is 0.227 e. The number of ether oxygens (including phenoxy) is 1. The van der Waals surface area contributed by atoms with Crippen LogP contribution in [-0.4, -0.2) is 29.2 Å². The zero-order valence-electron chi connectivity index (χ0n) is 13.9. The number of halogens is 1. The van der Waals surface area contributed by atoms with Gasteiger partial charge in [0.2, 0.25) is 17.6 Å². The second-order valence-corrected chi connectivity index (χ2v) is 5.88. The van der Waals surface area contributed by atoms with Crippen LogP contribution >= 0.6 is 0 Å². The maximum atomic E-state index is 13.0. The van der Waals surface area contributed by atoms with Crippen molar-refractivity contribution >= 4 is 11.6 Å². The van der Waals surface area contributed by atoms with Crippen LogP contribution in [0, 0.1) is 5.82 Å². The molecule has 2 heterocycles.